The fraction of sp³-hybridized carbons (Fsp3) is 0.500. The predicted octanol–water partition coefficient (Wildman–Crippen LogP) is 3.50. The average Bonchev–Trinajstić information content (AvgIpc) is 2.80. The number of likely N-dealkylation sites (tertiary alicyclic amines) is 1. The number of hydrogen-bond acceptors (Lipinski definition) is 4. The third kappa shape index (κ3) is 7.16. The number of amides is 2. The van der Waals surface area contributed by atoms with Crippen LogP contribution in [-0.2, 0) is 22.7 Å². The molecule has 1 aliphatic rings. The Hall–Kier alpha value is -2.73. The highest BCUT2D eigenvalue weighted by molar-refractivity contribution is 5.83. The molecular weight excluding hydrogens is 400 g/mol. The summed E-state index contributed by atoms with van der Waals surface area (Å²) in [6, 6.07) is 12.5. The van der Waals surface area contributed by atoms with Gasteiger partial charge in [0.05, 0.1) is 0 Å². The fourth-order valence-corrected chi connectivity index (χ4v) is 4.23. The summed E-state index contributed by atoms with van der Waals surface area (Å²) in [4.78, 5) is 35.2. The van der Waals surface area contributed by atoms with Crippen LogP contribution in [0.5, 0.6) is 0 Å². The van der Waals surface area contributed by atoms with Crippen molar-refractivity contribution < 1.29 is 9.59 Å². The van der Waals surface area contributed by atoms with Gasteiger partial charge in [0.2, 0.25) is 11.8 Å². The second kappa shape index (κ2) is 11.8. The van der Waals surface area contributed by atoms with Gasteiger partial charge >= 0.3 is 0 Å². The standard InChI is InChI=1S/C26H36N4O2/c1-21-7-4-5-9-24(21)20-29-15-12-22(13-16-29)18-30(19-23-8-6-14-27-17-23)26(32)11-10-25(31)28(2)3/h4-9,14,17,22H,10-13,15-16,18-20H2,1-3H3. The Morgan fingerprint density at radius 2 is 1.75 bits per heavy atom. The molecule has 0 N–H and O–H groups in total. The second-order valence-corrected chi connectivity index (χ2v) is 9.07. The van der Waals surface area contributed by atoms with Crippen molar-refractivity contribution in [3.8, 4) is 0 Å². The van der Waals surface area contributed by atoms with E-state index in [4.69, 9.17) is 0 Å². The van der Waals surface area contributed by atoms with Crippen LogP contribution in [0.15, 0.2) is 48.8 Å². The lowest BCUT2D eigenvalue weighted by atomic mass is 9.95. The predicted molar refractivity (Wildman–Crippen MR) is 127 cm³/mol. The summed E-state index contributed by atoms with van der Waals surface area (Å²) in [5.74, 6) is 0.517. The number of hydrogen-bond donors (Lipinski definition) is 0. The summed E-state index contributed by atoms with van der Waals surface area (Å²) in [7, 11) is 3.45. The molecule has 0 unspecified atom stereocenters. The molecule has 32 heavy (non-hydrogen) atoms. The van der Waals surface area contributed by atoms with Crippen molar-refractivity contribution in [1.82, 2.24) is 19.7 Å². The molecule has 0 bridgehead atoms. The number of carbonyl (C=O) groups is 2. The Labute approximate surface area is 192 Å². The zero-order valence-electron chi connectivity index (χ0n) is 19.7. The molecule has 6 heteroatoms. The van der Waals surface area contributed by atoms with Gasteiger partial charge in [0.1, 0.15) is 0 Å². The summed E-state index contributed by atoms with van der Waals surface area (Å²) in [6.07, 6.45) is 6.23. The van der Waals surface area contributed by atoms with Crippen LogP contribution >= 0.6 is 0 Å². The van der Waals surface area contributed by atoms with Gasteiger partial charge in [0, 0.05) is 59.0 Å². The first-order valence-corrected chi connectivity index (χ1v) is 11.6. The van der Waals surface area contributed by atoms with Gasteiger partial charge < -0.3 is 9.80 Å². The molecule has 0 aliphatic carbocycles. The van der Waals surface area contributed by atoms with Gasteiger partial charge in [-0.2, -0.15) is 0 Å². The number of carbonyl (C=O) groups excluding carboxylic acids is 2. The van der Waals surface area contributed by atoms with E-state index in [0.29, 0.717) is 12.5 Å². The average molecular weight is 437 g/mol. The Kier molecular flexibility index (Phi) is 8.80. The van der Waals surface area contributed by atoms with Gasteiger partial charge in [0.25, 0.3) is 0 Å². The SMILES string of the molecule is Cc1ccccc1CN1CCC(CN(Cc2cccnc2)C(=O)CCC(=O)N(C)C)CC1. The van der Waals surface area contributed by atoms with Crippen LogP contribution in [0.4, 0.5) is 0 Å². The smallest absolute Gasteiger partial charge is 0.223 e. The van der Waals surface area contributed by atoms with Crippen LogP contribution in [0.1, 0.15) is 42.4 Å². The molecule has 1 aromatic heterocycles. The maximum atomic E-state index is 13.0. The molecule has 1 aliphatic heterocycles. The van der Waals surface area contributed by atoms with Crippen molar-refractivity contribution >= 4 is 11.8 Å². The number of aromatic nitrogens is 1. The third-order valence-corrected chi connectivity index (χ3v) is 6.34. The Morgan fingerprint density at radius 1 is 1.03 bits per heavy atom. The van der Waals surface area contributed by atoms with Crippen LogP contribution in [0, 0.1) is 12.8 Å². The van der Waals surface area contributed by atoms with Gasteiger partial charge in [0.15, 0.2) is 0 Å². The van der Waals surface area contributed by atoms with Crippen LogP contribution in [0.25, 0.3) is 0 Å². The number of nitrogens with zero attached hydrogens (tertiary/aromatic N) is 4. The van der Waals surface area contributed by atoms with E-state index in [-0.39, 0.29) is 24.7 Å². The molecule has 0 saturated carbocycles. The molecule has 1 aromatic carbocycles. The molecule has 0 radical (unpaired) electrons. The summed E-state index contributed by atoms with van der Waals surface area (Å²) in [6.45, 7) is 6.55. The maximum absolute atomic E-state index is 13.0. The summed E-state index contributed by atoms with van der Waals surface area (Å²) in [5.41, 5.74) is 3.76. The largest absolute Gasteiger partial charge is 0.349 e. The van der Waals surface area contributed by atoms with Crippen LogP contribution in [0.3, 0.4) is 0 Å². The molecule has 2 amide bonds. The first kappa shape index (κ1) is 23.9. The molecule has 172 valence electrons. The van der Waals surface area contributed by atoms with E-state index in [2.05, 4.69) is 41.1 Å². The van der Waals surface area contributed by atoms with Crippen molar-refractivity contribution in [3.63, 3.8) is 0 Å². The zero-order valence-corrected chi connectivity index (χ0v) is 19.7. The Balaban J connectivity index is 1.56. The first-order valence-electron chi connectivity index (χ1n) is 11.6. The molecule has 0 spiro atoms. The highest BCUT2D eigenvalue weighted by atomic mass is 16.2. The van der Waals surface area contributed by atoms with Crippen molar-refractivity contribution in [2.75, 3.05) is 33.7 Å². The number of benzene rings is 1. The minimum Gasteiger partial charge on any atom is -0.349 e. The van der Waals surface area contributed by atoms with Gasteiger partial charge in [-0.25, -0.2) is 0 Å². The maximum Gasteiger partial charge on any atom is 0.223 e. The van der Waals surface area contributed by atoms with Crippen molar-refractivity contribution in [3.05, 3.63) is 65.5 Å². The highest BCUT2D eigenvalue weighted by Gasteiger charge is 2.24. The van der Waals surface area contributed by atoms with Crippen LogP contribution < -0.4 is 0 Å². The second-order valence-electron chi connectivity index (χ2n) is 9.07. The molecule has 2 aromatic rings. The normalized spacial score (nSPS) is 14.8. The van der Waals surface area contributed by atoms with E-state index in [1.54, 1.807) is 25.2 Å². The fourth-order valence-electron chi connectivity index (χ4n) is 4.23. The summed E-state index contributed by atoms with van der Waals surface area (Å²) < 4.78 is 0. The topological polar surface area (TPSA) is 56.8 Å². The highest BCUT2D eigenvalue weighted by Crippen LogP contribution is 2.22. The zero-order chi connectivity index (χ0) is 22.9. The Morgan fingerprint density at radius 3 is 2.41 bits per heavy atom. The summed E-state index contributed by atoms with van der Waals surface area (Å²) >= 11 is 0. The van der Waals surface area contributed by atoms with E-state index in [1.807, 2.05) is 23.2 Å². The van der Waals surface area contributed by atoms with Crippen LogP contribution in [0.2, 0.25) is 0 Å². The quantitative estimate of drug-likeness (QED) is 0.604. The molecule has 3 rings (SSSR count). The van der Waals surface area contributed by atoms with Gasteiger partial charge in [-0.3, -0.25) is 19.5 Å². The lowest BCUT2D eigenvalue weighted by Crippen LogP contribution is -2.40. The summed E-state index contributed by atoms with van der Waals surface area (Å²) in [5, 5.41) is 0. The van der Waals surface area contributed by atoms with Crippen molar-refractivity contribution in [2.24, 2.45) is 5.92 Å². The van der Waals surface area contributed by atoms with E-state index < -0.39 is 0 Å². The van der Waals surface area contributed by atoms with Crippen molar-refractivity contribution in [2.45, 2.75) is 45.7 Å². The van der Waals surface area contributed by atoms with E-state index >= 15 is 0 Å². The first-order chi connectivity index (χ1) is 15.4. The van der Waals surface area contributed by atoms with E-state index in [1.165, 1.54) is 11.1 Å². The molecule has 6 nitrogen and oxygen atoms in total. The lowest BCUT2D eigenvalue weighted by Gasteiger charge is -2.35. The van der Waals surface area contributed by atoms with Gasteiger partial charge in [-0.05, 0) is 61.5 Å². The number of piperidine rings is 1. The molecule has 2 heterocycles. The van der Waals surface area contributed by atoms with E-state index in [9.17, 15) is 9.59 Å². The Bertz CT molecular complexity index is 876. The third-order valence-electron chi connectivity index (χ3n) is 6.34. The van der Waals surface area contributed by atoms with Gasteiger partial charge in [-0.15, -0.1) is 0 Å². The molecular formula is C26H36N4O2. The lowest BCUT2D eigenvalue weighted by molar-refractivity contribution is -0.136. The molecule has 0 atom stereocenters. The van der Waals surface area contributed by atoms with Gasteiger partial charge in [-0.1, -0.05) is 30.3 Å². The number of rotatable bonds is 9. The van der Waals surface area contributed by atoms with Crippen LogP contribution in [-0.4, -0.2) is 65.2 Å². The monoisotopic (exact) mass is 436 g/mol. The van der Waals surface area contributed by atoms with Crippen molar-refractivity contribution in [1.29, 1.82) is 0 Å². The molecule has 1 fully saturated rings. The van der Waals surface area contributed by atoms with E-state index in [0.717, 1.165) is 44.6 Å². The molecule has 1 saturated heterocycles. The number of pyridine rings is 1. The minimum absolute atomic E-state index is 0.0100. The number of aryl methyl sites for hydroxylation is 1. The minimum atomic E-state index is -0.0100.